The van der Waals surface area contributed by atoms with Crippen molar-refractivity contribution < 1.29 is 14.0 Å². The first-order valence-electron chi connectivity index (χ1n) is 11.3. The minimum absolute atomic E-state index is 0.0103. The predicted molar refractivity (Wildman–Crippen MR) is 127 cm³/mol. The van der Waals surface area contributed by atoms with Crippen LogP contribution in [0.2, 0.25) is 0 Å². The van der Waals surface area contributed by atoms with Gasteiger partial charge in [-0.05, 0) is 54.2 Å². The van der Waals surface area contributed by atoms with Gasteiger partial charge < -0.3 is 15.5 Å². The number of carbonyl (C=O) groups excluding carboxylic acids is 2. The number of rotatable bonds is 6. The highest BCUT2D eigenvalue weighted by molar-refractivity contribution is 5.89. The standard InChI is InChI=1S/C27H28FN3O2/c28-23-11-13-24(14-12-23)30-27(33)31-17-15-20(16-18-31)19-29-26(32)25(21-7-3-1-4-8-21)22-9-5-2-6-10-22/h1-14,20,25H,15-19H2,(H,29,32)(H,30,33). The van der Waals surface area contributed by atoms with E-state index >= 15 is 0 Å². The van der Waals surface area contributed by atoms with Crippen molar-refractivity contribution in [3.8, 4) is 0 Å². The molecule has 0 saturated carbocycles. The normalized spacial score (nSPS) is 14.2. The number of amides is 3. The summed E-state index contributed by atoms with van der Waals surface area (Å²) in [6.07, 6.45) is 1.64. The molecule has 0 atom stereocenters. The number of likely N-dealkylation sites (tertiary alicyclic amines) is 1. The van der Waals surface area contributed by atoms with Crippen LogP contribution in [-0.4, -0.2) is 36.5 Å². The minimum Gasteiger partial charge on any atom is -0.355 e. The maximum atomic E-state index is 13.2. The number of nitrogens with zero attached hydrogens (tertiary/aromatic N) is 1. The number of anilines is 1. The SMILES string of the molecule is O=C(NCC1CCN(C(=O)Nc2ccc(F)cc2)CC1)C(c1ccccc1)c1ccccc1. The minimum atomic E-state index is -0.353. The summed E-state index contributed by atoms with van der Waals surface area (Å²) in [5.74, 6) is -0.383. The third-order valence-corrected chi connectivity index (χ3v) is 6.09. The van der Waals surface area contributed by atoms with E-state index < -0.39 is 0 Å². The lowest BCUT2D eigenvalue weighted by Gasteiger charge is -2.32. The lowest BCUT2D eigenvalue weighted by Crippen LogP contribution is -2.43. The number of halogens is 1. The van der Waals surface area contributed by atoms with E-state index in [0.29, 0.717) is 31.2 Å². The Hall–Kier alpha value is -3.67. The van der Waals surface area contributed by atoms with Gasteiger partial charge in [0.1, 0.15) is 5.82 Å². The monoisotopic (exact) mass is 445 g/mol. The van der Waals surface area contributed by atoms with Gasteiger partial charge in [0.15, 0.2) is 0 Å². The molecule has 0 unspecified atom stereocenters. The summed E-state index contributed by atoms with van der Waals surface area (Å²) in [6, 6.07) is 25.2. The summed E-state index contributed by atoms with van der Waals surface area (Å²) in [6.45, 7) is 1.82. The van der Waals surface area contributed by atoms with Crippen molar-refractivity contribution in [3.05, 3.63) is 102 Å². The molecule has 4 rings (SSSR count). The maximum Gasteiger partial charge on any atom is 0.321 e. The van der Waals surface area contributed by atoms with Gasteiger partial charge in [0.25, 0.3) is 0 Å². The number of piperidine rings is 1. The van der Waals surface area contributed by atoms with Crippen molar-refractivity contribution in [2.24, 2.45) is 5.92 Å². The number of carbonyl (C=O) groups is 2. The van der Waals surface area contributed by atoms with E-state index in [1.165, 1.54) is 12.1 Å². The first-order valence-corrected chi connectivity index (χ1v) is 11.3. The third-order valence-electron chi connectivity index (χ3n) is 6.09. The van der Waals surface area contributed by atoms with Crippen LogP contribution in [-0.2, 0) is 4.79 Å². The van der Waals surface area contributed by atoms with Gasteiger partial charge in [0.05, 0.1) is 5.92 Å². The van der Waals surface area contributed by atoms with Crippen LogP contribution >= 0.6 is 0 Å². The quantitative estimate of drug-likeness (QED) is 0.560. The summed E-state index contributed by atoms with van der Waals surface area (Å²) in [4.78, 5) is 27.4. The molecule has 0 aromatic heterocycles. The van der Waals surface area contributed by atoms with Crippen molar-refractivity contribution in [2.45, 2.75) is 18.8 Å². The van der Waals surface area contributed by atoms with Crippen LogP contribution in [0.15, 0.2) is 84.9 Å². The van der Waals surface area contributed by atoms with Crippen LogP contribution in [0.3, 0.4) is 0 Å². The van der Waals surface area contributed by atoms with E-state index in [1.807, 2.05) is 60.7 Å². The van der Waals surface area contributed by atoms with Crippen LogP contribution in [0.1, 0.15) is 29.9 Å². The second-order valence-electron chi connectivity index (χ2n) is 8.37. The molecule has 3 aromatic rings. The predicted octanol–water partition coefficient (Wildman–Crippen LogP) is 5.02. The number of urea groups is 1. The molecule has 1 aliphatic heterocycles. The van der Waals surface area contributed by atoms with Gasteiger partial charge in [0.2, 0.25) is 5.91 Å². The molecule has 33 heavy (non-hydrogen) atoms. The Kier molecular flexibility index (Phi) is 7.35. The molecular weight excluding hydrogens is 417 g/mol. The first kappa shape index (κ1) is 22.5. The average Bonchev–Trinajstić information content (AvgIpc) is 2.86. The highest BCUT2D eigenvalue weighted by Gasteiger charge is 2.26. The highest BCUT2D eigenvalue weighted by Crippen LogP contribution is 2.25. The summed E-state index contributed by atoms with van der Waals surface area (Å²) in [5, 5.41) is 5.95. The molecule has 170 valence electrons. The van der Waals surface area contributed by atoms with Crippen LogP contribution < -0.4 is 10.6 Å². The molecule has 1 saturated heterocycles. The van der Waals surface area contributed by atoms with Gasteiger partial charge in [-0.2, -0.15) is 0 Å². The third kappa shape index (κ3) is 5.98. The van der Waals surface area contributed by atoms with E-state index in [1.54, 1.807) is 17.0 Å². The molecule has 1 heterocycles. The molecule has 1 fully saturated rings. The fraction of sp³-hybridized carbons (Fsp3) is 0.259. The largest absolute Gasteiger partial charge is 0.355 e. The van der Waals surface area contributed by atoms with E-state index in [4.69, 9.17) is 0 Å². The Morgan fingerprint density at radius 1 is 0.848 bits per heavy atom. The summed E-state index contributed by atoms with van der Waals surface area (Å²) < 4.78 is 13.0. The van der Waals surface area contributed by atoms with Crippen molar-refractivity contribution >= 4 is 17.6 Å². The molecule has 1 aliphatic rings. The second kappa shape index (κ2) is 10.8. The van der Waals surface area contributed by atoms with Crippen LogP contribution in [0.5, 0.6) is 0 Å². The van der Waals surface area contributed by atoms with Gasteiger partial charge in [-0.15, -0.1) is 0 Å². The molecule has 6 heteroatoms. The average molecular weight is 446 g/mol. The molecule has 0 spiro atoms. The number of hydrogen-bond donors (Lipinski definition) is 2. The molecule has 0 bridgehead atoms. The Morgan fingerprint density at radius 3 is 1.94 bits per heavy atom. The summed E-state index contributed by atoms with van der Waals surface area (Å²) in [5.41, 5.74) is 2.51. The van der Waals surface area contributed by atoms with Gasteiger partial charge in [-0.3, -0.25) is 4.79 Å². The molecule has 3 amide bonds. The smallest absolute Gasteiger partial charge is 0.321 e. The molecule has 5 nitrogen and oxygen atoms in total. The van der Waals surface area contributed by atoms with Gasteiger partial charge in [0, 0.05) is 25.3 Å². The van der Waals surface area contributed by atoms with Gasteiger partial charge in [-0.25, -0.2) is 9.18 Å². The zero-order valence-corrected chi connectivity index (χ0v) is 18.4. The van der Waals surface area contributed by atoms with Gasteiger partial charge >= 0.3 is 6.03 Å². The number of nitrogens with one attached hydrogen (secondary N) is 2. The second-order valence-corrected chi connectivity index (χ2v) is 8.37. The van der Waals surface area contributed by atoms with E-state index in [2.05, 4.69) is 10.6 Å². The lowest BCUT2D eigenvalue weighted by molar-refractivity contribution is -0.121. The Bertz CT molecular complexity index is 1010. The van der Waals surface area contributed by atoms with Crippen molar-refractivity contribution in [1.82, 2.24) is 10.2 Å². The zero-order valence-electron chi connectivity index (χ0n) is 18.4. The van der Waals surface area contributed by atoms with Crippen molar-refractivity contribution in [2.75, 3.05) is 25.0 Å². The Morgan fingerprint density at radius 2 is 1.39 bits per heavy atom. The Balaban J connectivity index is 1.30. The van der Waals surface area contributed by atoms with E-state index in [-0.39, 0.29) is 23.7 Å². The van der Waals surface area contributed by atoms with Crippen molar-refractivity contribution in [1.29, 1.82) is 0 Å². The highest BCUT2D eigenvalue weighted by atomic mass is 19.1. The Labute approximate surface area is 193 Å². The fourth-order valence-electron chi connectivity index (χ4n) is 4.21. The molecule has 0 radical (unpaired) electrons. The van der Waals surface area contributed by atoms with Crippen LogP contribution in [0, 0.1) is 11.7 Å². The molecule has 0 aliphatic carbocycles. The van der Waals surface area contributed by atoms with E-state index in [9.17, 15) is 14.0 Å². The van der Waals surface area contributed by atoms with Crippen LogP contribution in [0.4, 0.5) is 14.9 Å². The van der Waals surface area contributed by atoms with Gasteiger partial charge in [-0.1, -0.05) is 60.7 Å². The van der Waals surface area contributed by atoms with Crippen LogP contribution in [0.25, 0.3) is 0 Å². The number of benzene rings is 3. The fourth-order valence-corrected chi connectivity index (χ4v) is 4.21. The summed E-state index contributed by atoms with van der Waals surface area (Å²) in [7, 11) is 0. The topological polar surface area (TPSA) is 61.4 Å². The first-order chi connectivity index (χ1) is 16.1. The zero-order chi connectivity index (χ0) is 23.0. The number of hydrogen-bond acceptors (Lipinski definition) is 2. The molecular formula is C27H28FN3O2. The summed E-state index contributed by atoms with van der Waals surface area (Å²) >= 11 is 0. The maximum absolute atomic E-state index is 13.2. The molecule has 2 N–H and O–H groups in total. The van der Waals surface area contributed by atoms with Crippen molar-refractivity contribution in [3.63, 3.8) is 0 Å². The lowest BCUT2D eigenvalue weighted by atomic mass is 9.90. The molecule has 3 aromatic carbocycles. The van der Waals surface area contributed by atoms with E-state index in [0.717, 1.165) is 24.0 Å².